The second-order valence-electron chi connectivity index (χ2n) is 7.60. The number of nitrogens with zero attached hydrogens (tertiary/aromatic N) is 2. The number of carbonyl (C=O) groups excluding carboxylic acids is 1. The number of benzene rings is 1. The van der Waals surface area contributed by atoms with Gasteiger partial charge in [0.2, 0.25) is 15.9 Å². The van der Waals surface area contributed by atoms with E-state index < -0.39 is 10.0 Å². The standard InChI is InChI=1S/C20H30BrN3O4S/c21-17-6-8-19(9-7-17)29(26,27)24(18-4-2-1-3-5-18)16-20(25)22-10-11-23-12-14-28-15-13-23/h6-9,18H,1-5,10-16H2,(H,22,25). The lowest BCUT2D eigenvalue weighted by atomic mass is 9.95. The molecule has 1 N–H and O–H groups in total. The molecule has 0 aromatic heterocycles. The average molecular weight is 488 g/mol. The zero-order chi connectivity index (χ0) is 20.7. The summed E-state index contributed by atoms with van der Waals surface area (Å²) in [6.07, 6.45) is 4.72. The maximum atomic E-state index is 13.3. The first-order valence-corrected chi connectivity index (χ1v) is 12.5. The van der Waals surface area contributed by atoms with Gasteiger partial charge in [-0.25, -0.2) is 8.42 Å². The van der Waals surface area contributed by atoms with Crippen molar-refractivity contribution in [3.05, 3.63) is 28.7 Å². The van der Waals surface area contributed by atoms with Gasteiger partial charge in [-0.3, -0.25) is 9.69 Å². The molecule has 1 aromatic rings. The maximum Gasteiger partial charge on any atom is 0.243 e. The van der Waals surface area contributed by atoms with E-state index in [1.807, 2.05) is 0 Å². The van der Waals surface area contributed by atoms with Gasteiger partial charge in [0.25, 0.3) is 0 Å². The second-order valence-corrected chi connectivity index (χ2v) is 10.4. The molecule has 0 bridgehead atoms. The molecule has 0 spiro atoms. The van der Waals surface area contributed by atoms with Crippen molar-refractivity contribution in [1.29, 1.82) is 0 Å². The average Bonchev–Trinajstić information content (AvgIpc) is 2.73. The van der Waals surface area contributed by atoms with E-state index in [1.54, 1.807) is 24.3 Å². The fraction of sp³-hybridized carbons (Fsp3) is 0.650. The van der Waals surface area contributed by atoms with Gasteiger partial charge >= 0.3 is 0 Å². The van der Waals surface area contributed by atoms with Crippen molar-refractivity contribution >= 4 is 31.9 Å². The summed E-state index contributed by atoms with van der Waals surface area (Å²) in [6, 6.07) is 6.49. The minimum Gasteiger partial charge on any atom is -0.379 e. The van der Waals surface area contributed by atoms with Crippen molar-refractivity contribution in [3.8, 4) is 0 Å². The predicted molar refractivity (Wildman–Crippen MR) is 115 cm³/mol. The van der Waals surface area contributed by atoms with Crippen LogP contribution < -0.4 is 5.32 Å². The molecule has 1 aromatic carbocycles. The fourth-order valence-corrected chi connectivity index (χ4v) is 5.80. The molecular formula is C20H30BrN3O4S. The molecular weight excluding hydrogens is 458 g/mol. The Bertz CT molecular complexity index is 760. The number of sulfonamides is 1. The van der Waals surface area contributed by atoms with Crippen LogP contribution in [-0.4, -0.2) is 75.5 Å². The van der Waals surface area contributed by atoms with Crippen molar-refractivity contribution in [2.75, 3.05) is 45.9 Å². The molecule has 0 atom stereocenters. The highest BCUT2D eigenvalue weighted by atomic mass is 79.9. The first-order valence-electron chi connectivity index (χ1n) is 10.3. The molecule has 1 heterocycles. The Morgan fingerprint density at radius 3 is 2.45 bits per heavy atom. The molecule has 7 nitrogen and oxygen atoms in total. The SMILES string of the molecule is O=C(CN(C1CCCCC1)S(=O)(=O)c1ccc(Br)cc1)NCCN1CCOCC1. The summed E-state index contributed by atoms with van der Waals surface area (Å²) < 4.78 is 34.2. The van der Waals surface area contributed by atoms with E-state index in [9.17, 15) is 13.2 Å². The highest BCUT2D eigenvalue weighted by Crippen LogP contribution is 2.28. The lowest BCUT2D eigenvalue weighted by molar-refractivity contribution is -0.121. The summed E-state index contributed by atoms with van der Waals surface area (Å²) in [5.41, 5.74) is 0. The van der Waals surface area contributed by atoms with Gasteiger partial charge in [-0.05, 0) is 37.1 Å². The minimum atomic E-state index is -3.73. The topological polar surface area (TPSA) is 79.0 Å². The van der Waals surface area contributed by atoms with Gasteiger partial charge in [0.1, 0.15) is 0 Å². The summed E-state index contributed by atoms with van der Waals surface area (Å²) in [4.78, 5) is 15.1. The maximum absolute atomic E-state index is 13.3. The Balaban J connectivity index is 1.64. The van der Waals surface area contributed by atoms with Crippen LogP contribution in [0.5, 0.6) is 0 Å². The molecule has 1 saturated carbocycles. The molecule has 3 rings (SSSR count). The Morgan fingerprint density at radius 1 is 1.14 bits per heavy atom. The van der Waals surface area contributed by atoms with Gasteiger partial charge in [0.05, 0.1) is 24.7 Å². The lowest BCUT2D eigenvalue weighted by Crippen LogP contribution is -2.48. The molecule has 0 radical (unpaired) electrons. The molecule has 1 amide bonds. The third-order valence-electron chi connectivity index (χ3n) is 5.56. The summed E-state index contributed by atoms with van der Waals surface area (Å²) >= 11 is 3.34. The molecule has 1 aliphatic carbocycles. The van der Waals surface area contributed by atoms with Crippen molar-refractivity contribution < 1.29 is 17.9 Å². The van der Waals surface area contributed by atoms with E-state index in [-0.39, 0.29) is 23.4 Å². The summed E-state index contributed by atoms with van der Waals surface area (Å²) in [5.74, 6) is -0.246. The molecule has 2 fully saturated rings. The Kier molecular flexibility index (Phi) is 8.49. The van der Waals surface area contributed by atoms with Crippen molar-refractivity contribution in [2.45, 2.75) is 43.0 Å². The van der Waals surface area contributed by atoms with E-state index in [4.69, 9.17) is 4.74 Å². The third kappa shape index (κ3) is 6.49. The van der Waals surface area contributed by atoms with E-state index in [2.05, 4.69) is 26.1 Å². The number of nitrogens with one attached hydrogen (secondary N) is 1. The van der Waals surface area contributed by atoms with Crippen LogP contribution in [0.3, 0.4) is 0 Å². The smallest absolute Gasteiger partial charge is 0.243 e. The van der Waals surface area contributed by atoms with Crippen molar-refractivity contribution in [1.82, 2.24) is 14.5 Å². The Hall–Kier alpha value is -1.00. The van der Waals surface area contributed by atoms with E-state index in [0.717, 1.165) is 69.4 Å². The van der Waals surface area contributed by atoms with E-state index in [1.165, 1.54) is 4.31 Å². The first-order chi connectivity index (χ1) is 14.0. The van der Waals surface area contributed by atoms with Crippen LogP contribution in [0.4, 0.5) is 0 Å². The van der Waals surface area contributed by atoms with Crippen LogP contribution >= 0.6 is 15.9 Å². The molecule has 1 saturated heterocycles. The normalized spacial score (nSPS) is 19.4. The number of hydrogen-bond donors (Lipinski definition) is 1. The van der Waals surface area contributed by atoms with Gasteiger partial charge in [0, 0.05) is 36.7 Å². The molecule has 2 aliphatic rings. The summed E-state index contributed by atoms with van der Waals surface area (Å²) in [6.45, 7) is 4.29. The van der Waals surface area contributed by atoms with E-state index >= 15 is 0 Å². The van der Waals surface area contributed by atoms with E-state index in [0.29, 0.717) is 6.54 Å². The number of amides is 1. The molecule has 162 valence electrons. The molecule has 29 heavy (non-hydrogen) atoms. The number of morpholine rings is 1. The quantitative estimate of drug-likeness (QED) is 0.607. The summed E-state index contributed by atoms with van der Waals surface area (Å²) in [5, 5.41) is 2.90. The Labute approximate surface area is 182 Å². The lowest BCUT2D eigenvalue weighted by Gasteiger charge is -2.33. The van der Waals surface area contributed by atoms with Crippen LogP contribution in [0.1, 0.15) is 32.1 Å². The van der Waals surface area contributed by atoms with Gasteiger partial charge in [0.15, 0.2) is 0 Å². The molecule has 1 aliphatic heterocycles. The number of rotatable bonds is 8. The predicted octanol–water partition coefficient (Wildman–Crippen LogP) is 2.22. The van der Waals surface area contributed by atoms with Crippen LogP contribution in [0.2, 0.25) is 0 Å². The van der Waals surface area contributed by atoms with Crippen LogP contribution in [0, 0.1) is 0 Å². The fourth-order valence-electron chi connectivity index (χ4n) is 3.90. The first kappa shape index (κ1) is 22.7. The highest BCUT2D eigenvalue weighted by Gasteiger charge is 2.33. The third-order valence-corrected chi connectivity index (χ3v) is 8.00. The number of carbonyl (C=O) groups is 1. The zero-order valence-electron chi connectivity index (χ0n) is 16.7. The second kappa shape index (κ2) is 10.9. The van der Waals surface area contributed by atoms with Crippen LogP contribution in [0.15, 0.2) is 33.6 Å². The monoisotopic (exact) mass is 487 g/mol. The number of halogens is 1. The summed E-state index contributed by atoms with van der Waals surface area (Å²) in [7, 11) is -3.73. The zero-order valence-corrected chi connectivity index (χ0v) is 19.1. The molecule has 0 unspecified atom stereocenters. The highest BCUT2D eigenvalue weighted by molar-refractivity contribution is 9.10. The largest absolute Gasteiger partial charge is 0.379 e. The van der Waals surface area contributed by atoms with Crippen molar-refractivity contribution in [3.63, 3.8) is 0 Å². The Morgan fingerprint density at radius 2 is 1.79 bits per heavy atom. The van der Waals surface area contributed by atoms with Gasteiger partial charge < -0.3 is 10.1 Å². The van der Waals surface area contributed by atoms with Gasteiger partial charge in [-0.15, -0.1) is 0 Å². The number of ether oxygens (including phenoxy) is 1. The van der Waals surface area contributed by atoms with Gasteiger partial charge in [-0.1, -0.05) is 35.2 Å². The van der Waals surface area contributed by atoms with Crippen LogP contribution in [0.25, 0.3) is 0 Å². The van der Waals surface area contributed by atoms with Crippen molar-refractivity contribution in [2.24, 2.45) is 0 Å². The molecule has 9 heteroatoms. The number of hydrogen-bond acceptors (Lipinski definition) is 5. The minimum absolute atomic E-state index is 0.123. The van der Waals surface area contributed by atoms with Gasteiger partial charge in [-0.2, -0.15) is 4.31 Å². The van der Waals surface area contributed by atoms with Crippen LogP contribution in [-0.2, 0) is 19.6 Å².